The van der Waals surface area contributed by atoms with Crippen molar-refractivity contribution in [2.75, 3.05) is 21.3 Å². The van der Waals surface area contributed by atoms with Gasteiger partial charge in [-0.15, -0.1) is 0 Å². The number of nitrogens with one attached hydrogen (secondary N) is 1. The van der Waals surface area contributed by atoms with Gasteiger partial charge in [0.1, 0.15) is 22.8 Å². The number of methoxy groups -OCH3 is 3. The SMILES string of the molecule is CC[C@@H](NC(=O)c1c(OC)cccc1OC)c1ccc(OC)cc1. The lowest BCUT2D eigenvalue weighted by Gasteiger charge is -2.20. The van der Waals surface area contributed by atoms with Crippen LogP contribution in [0.25, 0.3) is 0 Å². The van der Waals surface area contributed by atoms with E-state index in [-0.39, 0.29) is 11.9 Å². The fourth-order valence-electron chi connectivity index (χ4n) is 2.56. The first-order valence-corrected chi connectivity index (χ1v) is 7.80. The highest BCUT2D eigenvalue weighted by Gasteiger charge is 2.21. The lowest BCUT2D eigenvalue weighted by atomic mass is 10.0. The predicted octanol–water partition coefficient (Wildman–Crippen LogP) is 3.59. The molecule has 0 heterocycles. The molecular formula is C19H23NO4. The van der Waals surface area contributed by atoms with E-state index in [4.69, 9.17) is 14.2 Å². The molecule has 1 atom stereocenters. The Morgan fingerprint density at radius 2 is 1.54 bits per heavy atom. The minimum Gasteiger partial charge on any atom is -0.497 e. The van der Waals surface area contributed by atoms with Crippen LogP contribution in [0.5, 0.6) is 17.2 Å². The molecule has 0 unspecified atom stereocenters. The second kappa shape index (κ2) is 8.24. The maximum Gasteiger partial charge on any atom is 0.259 e. The molecule has 5 nitrogen and oxygen atoms in total. The molecule has 2 aromatic rings. The number of benzene rings is 2. The molecule has 2 rings (SSSR count). The lowest BCUT2D eigenvalue weighted by molar-refractivity contribution is 0.0929. The van der Waals surface area contributed by atoms with E-state index in [1.807, 2.05) is 31.2 Å². The van der Waals surface area contributed by atoms with Gasteiger partial charge in [-0.05, 0) is 36.2 Å². The third-order valence-electron chi connectivity index (χ3n) is 3.89. The first kappa shape index (κ1) is 17.7. The average Bonchev–Trinajstić information content (AvgIpc) is 2.65. The molecule has 0 aliphatic rings. The van der Waals surface area contributed by atoms with E-state index in [0.29, 0.717) is 17.1 Å². The highest BCUT2D eigenvalue weighted by atomic mass is 16.5. The number of rotatable bonds is 7. The van der Waals surface area contributed by atoms with Crippen LogP contribution in [0, 0.1) is 0 Å². The van der Waals surface area contributed by atoms with Gasteiger partial charge in [-0.1, -0.05) is 25.1 Å². The van der Waals surface area contributed by atoms with E-state index in [1.165, 1.54) is 14.2 Å². The summed E-state index contributed by atoms with van der Waals surface area (Å²) in [5.41, 5.74) is 1.41. The number of ether oxygens (including phenoxy) is 3. The van der Waals surface area contributed by atoms with Crippen molar-refractivity contribution in [1.29, 1.82) is 0 Å². The molecule has 5 heteroatoms. The largest absolute Gasteiger partial charge is 0.497 e. The molecular weight excluding hydrogens is 306 g/mol. The summed E-state index contributed by atoms with van der Waals surface area (Å²) in [4.78, 5) is 12.8. The van der Waals surface area contributed by atoms with Crippen molar-refractivity contribution in [3.05, 3.63) is 53.6 Å². The highest BCUT2D eigenvalue weighted by molar-refractivity contribution is 6.00. The Hall–Kier alpha value is -2.69. The van der Waals surface area contributed by atoms with Crippen LogP contribution in [-0.4, -0.2) is 27.2 Å². The quantitative estimate of drug-likeness (QED) is 0.843. The Balaban J connectivity index is 2.26. The second-order valence-electron chi connectivity index (χ2n) is 5.24. The van der Waals surface area contributed by atoms with Gasteiger partial charge >= 0.3 is 0 Å². The maximum atomic E-state index is 12.8. The van der Waals surface area contributed by atoms with Crippen molar-refractivity contribution in [1.82, 2.24) is 5.32 Å². The Kier molecular flexibility index (Phi) is 6.07. The van der Waals surface area contributed by atoms with Crippen molar-refractivity contribution in [3.63, 3.8) is 0 Å². The molecule has 128 valence electrons. The summed E-state index contributed by atoms with van der Waals surface area (Å²) >= 11 is 0. The Bertz CT molecular complexity index is 660. The van der Waals surface area contributed by atoms with Gasteiger partial charge < -0.3 is 19.5 Å². The molecule has 1 N–H and O–H groups in total. The van der Waals surface area contributed by atoms with Crippen molar-refractivity contribution in [2.45, 2.75) is 19.4 Å². The van der Waals surface area contributed by atoms with Gasteiger partial charge in [0.25, 0.3) is 5.91 Å². The van der Waals surface area contributed by atoms with Crippen molar-refractivity contribution < 1.29 is 19.0 Å². The Morgan fingerprint density at radius 3 is 2.00 bits per heavy atom. The third-order valence-corrected chi connectivity index (χ3v) is 3.89. The van der Waals surface area contributed by atoms with Crippen molar-refractivity contribution >= 4 is 5.91 Å². The number of carbonyl (C=O) groups is 1. The molecule has 0 spiro atoms. The fraction of sp³-hybridized carbons (Fsp3) is 0.316. The standard InChI is InChI=1S/C19H23NO4/c1-5-15(13-9-11-14(22-2)12-10-13)20-19(21)18-16(23-3)7-6-8-17(18)24-4/h6-12,15H,5H2,1-4H3,(H,20,21)/t15-/m1/s1. The summed E-state index contributed by atoms with van der Waals surface area (Å²) in [6.07, 6.45) is 0.759. The van der Waals surface area contributed by atoms with Gasteiger partial charge in [-0.2, -0.15) is 0 Å². The van der Waals surface area contributed by atoms with E-state index in [2.05, 4.69) is 5.32 Å². The minimum atomic E-state index is -0.230. The zero-order valence-electron chi connectivity index (χ0n) is 14.5. The summed E-state index contributed by atoms with van der Waals surface area (Å²) in [7, 11) is 4.70. The van der Waals surface area contributed by atoms with Crippen LogP contribution >= 0.6 is 0 Å². The molecule has 0 saturated carbocycles. The van der Waals surface area contributed by atoms with Gasteiger partial charge in [-0.25, -0.2) is 0 Å². The summed E-state index contributed by atoms with van der Waals surface area (Å²) in [6.45, 7) is 2.02. The van der Waals surface area contributed by atoms with E-state index < -0.39 is 0 Å². The fourth-order valence-corrected chi connectivity index (χ4v) is 2.56. The van der Waals surface area contributed by atoms with E-state index in [9.17, 15) is 4.79 Å². The van der Waals surface area contributed by atoms with Gasteiger partial charge in [-0.3, -0.25) is 4.79 Å². The minimum absolute atomic E-state index is 0.113. The van der Waals surface area contributed by atoms with Crippen molar-refractivity contribution in [2.24, 2.45) is 0 Å². The van der Waals surface area contributed by atoms with Gasteiger partial charge in [0.05, 0.1) is 27.4 Å². The monoisotopic (exact) mass is 329 g/mol. The normalized spacial score (nSPS) is 11.5. The molecule has 0 saturated heterocycles. The van der Waals surface area contributed by atoms with Gasteiger partial charge in [0, 0.05) is 0 Å². The maximum absolute atomic E-state index is 12.8. The molecule has 0 aliphatic heterocycles. The Morgan fingerprint density at radius 1 is 0.958 bits per heavy atom. The summed E-state index contributed by atoms with van der Waals surface area (Å²) in [5.74, 6) is 1.52. The lowest BCUT2D eigenvalue weighted by Crippen LogP contribution is -2.28. The van der Waals surface area contributed by atoms with Crippen LogP contribution in [0.1, 0.15) is 35.3 Å². The average molecular weight is 329 g/mol. The number of carbonyl (C=O) groups excluding carboxylic acids is 1. The molecule has 0 radical (unpaired) electrons. The second-order valence-corrected chi connectivity index (χ2v) is 5.24. The van der Waals surface area contributed by atoms with Crippen LogP contribution in [0.15, 0.2) is 42.5 Å². The third kappa shape index (κ3) is 3.79. The molecule has 1 amide bonds. The first-order chi connectivity index (χ1) is 11.6. The smallest absolute Gasteiger partial charge is 0.259 e. The van der Waals surface area contributed by atoms with Crippen LogP contribution in [0.2, 0.25) is 0 Å². The number of hydrogen-bond donors (Lipinski definition) is 1. The van der Waals surface area contributed by atoms with E-state index in [0.717, 1.165) is 17.7 Å². The van der Waals surface area contributed by atoms with Crippen molar-refractivity contribution in [3.8, 4) is 17.2 Å². The molecule has 0 aliphatic carbocycles. The molecule has 0 fully saturated rings. The van der Waals surface area contributed by atoms with Crippen LogP contribution in [-0.2, 0) is 0 Å². The molecule has 0 bridgehead atoms. The molecule has 2 aromatic carbocycles. The van der Waals surface area contributed by atoms with Gasteiger partial charge in [0.15, 0.2) is 0 Å². The molecule has 24 heavy (non-hydrogen) atoms. The summed E-state index contributed by atoms with van der Waals surface area (Å²) in [6, 6.07) is 12.8. The van der Waals surface area contributed by atoms with E-state index >= 15 is 0 Å². The molecule has 0 aromatic heterocycles. The van der Waals surface area contributed by atoms with E-state index in [1.54, 1.807) is 25.3 Å². The first-order valence-electron chi connectivity index (χ1n) is 7.80. The zero-order valence-corrected chi connectivity index (χ0v) is 14.5. The number of hydrogen-bond acceptors (Lipinski definition) is 4. The predicted molar refractivity (Wildman–Crippen MR) is 93.0 cm³/mol. The summed E-state index contributed by atoms with van der Waals surface area (Å²) in [5, 5.41) is 3.05. The van der Waals surface area contributed by atoms with Crippen LogP contribution < -0.4 is 19.5 Å². The Labute approximate surface area is 142 Å². The van der Waals surface area contributed by atoms with Crippen LogP contribution in [0.4, 0.5) is 0 Å². The highest BCUT2D eigenvalue weighted by Crippen LogP contribution is 2.29. The zero-order chi connectivity index (χ0) is 17.5. The van der Waals surface area contributed by atoms with Crippen LogP contribution in [0.3, 0.4) is 0 Å². The number of amides is 1. The summed E-state index contributed by atoms with van der Waals surface area (Å²) < 4.78 is 15.8. The van der Waals surface area contributed by atoms with Gasteiger partial charge in [0.2, 0.25) is 0 Å². The topological polar surface area (TPSA) is 56.8 Å².